The van der Waals surface area contributed by atoms with Gasteiger partial charge in [0.05, 0.1) is 6.04 Å². The SMILES string of the molecule is C1=CC2C=CC=CC2N=1. The molecule has 0 aromatic heterocycles. The minimum atomic E-state index is 0.356. The number of hydrogen-bond donors (Lipinski definition) is 0. The van der Waals surface area contributed by atoms with Gasteiger partial charge in [0.2, 0.25) is 0 Å². The van der Waals surface area contributed by atoms with E-state index in [1.807, 2.05) is 12.2 Å². The van der Waals surface area contributed by atoms with E-state index < -0.39 is 0 Å². The third-order valence-corrected chi connectivity index (χ3v) is 1.64. The fourth-order valence-electron chi connectivity index (χ4n) is 1.11. The van der Waals surface area contributed by atoms with E-state index in [-0.39, 0.29) is 0 Å². The van der Waals surface area contributed by atoms with Crippen molar-refractivity contribution >= 4 is 5.87 Å². The molecule has 1 aliphatic heterocycles. The summed E-state index contributed by atoms with van der Waals surface area (Å²) in [5, 5.41) is 0. The number of aliphatic imine (C=N–C) groups is 1. The molecule has 0 aromatic carbocycles. The lowest BCUT2D eigenvalue weighted by atomic mass is 9.98. The Balaban J connectivity index is 2.32. The van der Waals surface area contributed by atoms with E-state index in [0.717, 1.165) is 0 Å². The molecule has 1 heteroatoms. The smallest absolute Gasteiger partial charge is 0.0880 e. The van der Waals surface area contributed by atoms with Gasteiger partial charge in [0.25, 0.3) is 0 Å². The van der Waals surface area contributed by atoms with Crippen molar-refractivity contribution in [2.45, 2.75) is 6.04 Å². The second kappa shape index (κ2) is 1.71. The van der Waals surface area contributed by atoms with Crippen LogP contribution < -0.4 is 0 Å². The van der Waals surface area contributed by atoms with Gasteiger partial charge in [-0.15, -0.1) is 0 Å². The second-order valence-corrected chi connectivity index (χ2v) is 2.26. The van der Waals surface area contributed by atoms with Crippen LogP contribution in [-0.4, -0.2) is 11.9 Å². The maximum atomic E-state index is 4.11. The fourth-order valence-corrected chi connectivity index (χ4v) is 1.11. The summed E-state index contributed by atoms with van der Waals surface area (Å²) in [6.07, 6.45) is 10.3. The average molecular weight is 117 g/mol. The minimum absolute atomic E-state index is 0.356. The van der Waals surface area contributed by atoms with Crippen molar-refractivity contribution in [1.29, 1.82) is 0 Å². The van der Waals surface area contributed by atoms with E-state index in [1.54, 1.807) is 0 Å². The van der Waals surface area contributed by atoms with E-state index in [1.165, 1.54) is 0 Å². The van der Waals surface area contributed by atoms with Gasteiger partial charge in [-0.25, -0.2) is 4.99 Å². The van der Waals surface area contributed by atoms with E-state index in [9.17, 15) is 0 Å². The molecule has 2 aliphatic rings. The highest BCUT2D eigenvalue weighted by Gasteiger charge is 2.16. The molecule has 0 fully saturated rings. The van der Waals surface area contributed by atoms with Gasteiger partial charge in [0.1, 0.15) is 0 Å². The number of rotatable bonds is 0. The summed E-state index contributed by atoms with van der Waals surface area (Å²) in [6, 6.07) is 0.356. The monoisotopic (exact) mass is 117 g/mol. The van der Waals surface area contributed by atoms with Crippen LogP contribution in [-0.2, 0) is 0 Å². The van der Waals surface area contributed by atoms with Gasteiger partial charge in [0.15, 0.2) is 0 Å². The first-order valence-corrected chi connectivity index (χ1v) is 3.10. The van der Waals surface area contributed by atoms with Crippen LogP contribution in [0.3, 0.4) is 0 Å². The Bertz CT molecular complexity index is 207. The molecule has 2 atom stereocenters. The summed E-state index contributed by atoms with van der Waals surface area (Å²) >= 11 is 0. The van der Waals surface area contributed by atoms with Crippen LogP contribution in [0, 0.1) is 5.92 Å². The van der Waals surface area contributed by atoms with E-state index in [0.29, 0.717) is 12.0 Å². The summed E-state index contributed by atoms with van der Waals surface area (Å²) < 4.78 is 0. The molecule has 0 saturated heterocycles. The summed E-state index contributed by atoms with van der Waals surface area (Å²) in [4.78, 5) is 4.11. The van der Waals surface area contributed by atoms with Crippen molar-refractivity contribution in [3.8, 4) is 0 Å². The van der Waals surface area contributed by atoms with E-state index >= 15 is 0 Å². The van der Waals surface area contributed by atoms with Crippen molar-refractivity contribution in [1.82, 2.24) is 0 Å². The second-order valence-electron chi connectivity index (χ2n) is 2.26. The van der Waals surface area contributed by atoms with Gasteiger partial charge in [-0.1, -0.05) is 24.3 Å². The first-order valence-electron chi connectivity index (χ1n) is 3.10. The van der Waals surface area contributed by atoms with Crippen LogP contribution in [0.1, 0.15) is 0 Å². The van der Waals surface area contributed by atoms with Crippen LogP contribution >= 0.6 is 0 Å². The van der Waals surface area contributed by atoms with Crippen LogP contribution in [0.15, 0.2) is 35.4 Å². The van der Waals surface area contributed by atoms with Crippen molar-refractivity contribution in [3.63, 3.8) is 0 Å². The van der Waals surface area contributed by atoms with Crippen molar-refractivity contribution in [3.05, 3.63) is 30.4 Å². The van der Waals surface area contributed by atoms with Gasteiger partial charge in [-0.2, -0.15) is 0 Å². The van der Waals surface area contributed by atoms with E-state index in [4.69, 9.17) is 0 Å². The normalized spacial score (nSPS) is 35.6. The van der Waals surface area contributed by atoms with Crippen LogP contribution in [0.25, 0.3) is 0 Å². The first-order chi connectivity index (χ1) is 4.47. The number of nitrogens with zero attached hydrogens (tertiary/aromatic N) is 1. The lowest BCUT2D eigenvalue weighted by molar-refractivity contribution is 0.713. The number of allylic oxidation sites excluding steroid dienone is 2. The van der Waals surface area contributed by atoms with Crippen LogP contribution in [0.2, 0.25) is 0 Å². The molecule has 0 radical (unpaired) electrons. The summed E-state index contributed by atoms with van der Waals surface area (Å²) in [6.45, 7) is 0. The molecule has 1 nitrogen and oxygen atoms in total. The highest BCUT2D eigenvalue weighted by molar-refractivity contribution is 5.58. The van der Waals surface area contributed by atoms with Gasteiger partial charge in [-0.3, -0.25) is 0 Å². The average Bonchev–Trinajstić information content (AvgIpc) is 2.33. The third kappa shape index (κ3) is 0.664. The molecule has 0 N–H and O–H groups in total. The van der Waals surface area contributed by atoms with Crippen LogP contribution in [0.4, 0.5) is 0 Å². The molecule has 0 spiro atoms. The van der Waals surface area contributed by atoms with Gasteiger partial charge in [-0.05, 0) is 11.9 Å². The summed E-state index contributed by atoms with van der Waals surface area (Å²) in [7, 11) is 0. The largest absolute Gasteiger partial charge is 0.235 e. The quantitative estimate of drug-likeness (QED) is 0.454. The standard InChI is InChI=1S/C8H7N/c1-2-4-8-7(3-1)5-6-9-8/h1-5,7-8H. The lowest BCUT2D eigenvalue weighted by Crippen LogP contribution is -2.09. The van der Waals surface area contributed by atoms with Gasteiger partial charge >= 0.3 is 0 Å². The number of fused-ring (bicyclic) bond motifs is 1. The Hall–Kier alpha value is -1.07. The Morgan fingerprint density at radius 2 is 2.11 bits per heavy atom. The molecule has 9 heavy (non-hydrogen) atoms. The highest BCUT2D eigenvalue weighted by atomic mass is 14.8. The van der Waals surface area contributed by atoms with Crippen molar-refractivity contribution in [2.75, 3.05) is 0 Å². The Kier molecular flexibility index (Phi) is 0.909. The predicted molar refractivity (Wildman–Crippen MR) is 37.6 cm³/mol. The highest BCUT2D eigenvalue weighted by Crippen LogP contribution is 2.18. The first kappa shape index (κ1) is 4.78. The van der Waals surface area contributed by atoms with Gasteiger partial charge < -0.3 is 0 Å². The minimum Gasteiger partial charge on any atom is -0.235 e. The molecule has 0 amide bonds. The molecule has 2 rings (SSSR count). The summed E-state index contributed by atoms with van der Waals surface area (Å²) in [5.74, 6) is 3.36. The molecule has 44 valence electrons. The predicted octanol–water partition coefficient (Wildman–Crippen LogP) is 1.34. The van der Waals surface area contributed by atoms with Gasteiger partial charge in [0, 0.05) is 5.92 Å². The zero-order valence-corrected chi connectivity index (χ0v) is 4.99. The maximum absolute atomic E-state index is 4.11. The van der Waals surface area contributed by atoms with E-state index in [2.05, 4.69) is 29.1 Å². The molecule has 1 aliphatic carbocycles. The summed E-state index contributed by atoms with van der Waals surface area (Å²) in [5.41, 5.74) is 0. The number of hydrogen-bond acceptors (Lipinski definition) is 1. The molecular weight excluding hydrogens is 110 g/mol. The molecule has 1 heterocycles. The third-order valence-electron chi connectivity index (χ3n) is 1.64. The molecule has 2 unspecified atom stereocenters. The lowest BCUT2D eigenvalue weighted by Gasteiger charge is -2.10. The van der Waals surface area contributed by atoms with Crippen molar-refractivity contribution < 1.29 is 0 Å². The molecular formula is C8H7N. The molecule has 0 bridgehead atoms. The topological polar surface area (TPSA) is 12.4 Å². The zero-order chi connectivity index (χ0) is 6.10. The molecule has 0 aromatic rings. The Morgan fingerprint density at radius 3 is 3.00 bits per heavy atom. The Morgan fingerprint density at radius 1 is 1.22 bits per heavy atom. The zero-order valence-electron chi connectivity index (χ0n) is 4.99. The Labute approximate surface area is 54.1 Å². The van der Waals surface area contributed by atoms with Crippen LogP contribution in [0.5, 0.6) is 0 Å². The molecule has 0 saturated carbocycles. The van der Waals surface area contributed by atoms with Crippen molar-refractivity contribution in [2.24, 2.45) is 10.9 Å². The maximum Gasteiger partial charge on any atom is 0.0880 e. The fraction of sp³-hybridized carbons (Fsp3) is 0.250.